The van der Waals surface area contributed by atoms with E-state index in [0.717, 1.165) is 48.5 Å². The van der Waals surface area contributed by atoms with Gasteiger partial charge in [-0.05, 0) is 29.3 Å². The van der Waals surface area contributed by atoms with E-state index in [-0.39, 0.29) is 11.6 Å². The summed E-state index contributed by atoms with van der Waals surface area (Å²) in [6.45, 7) is 4.67. The minimum atomic E-state index is -0.411. The predicted molar refractivity (Wildman–Crippen MR) is 115 cm³/mol. The SMILES string of the molecule is O=C(c1cc2cc([N+](=O)[O-])ccc2s1)N1CCN(Cc2ccc3c(c2)CCO3)CC1. The molecule has 3 aromatic rings. The lowest BCUT2D eigenvalue weighted by Gasteiger charge is -2.34. The van der Waals surface area contributed by atoms with Gasteiger partial charge in [0.1, 0.15) is 5.75 Å². The molecule has 0 saturated carbocycles. The number of benzene rings is 2. The van der Waals surface area contributed by atoms with Crippen LogP contribution in [0.1, 0.15) is 20.8 Å². The van der Waals surface area contributed by atoms with Gasteiger partial charge in [0.2, 0.25) is 0 Å². The Labute approximate surface area is 177 Å². The molecule has 2 aliphatic heterocycles. The van der Waals surface area contributed by atoms with Crippen LogP contribution >= 0.6 is 11.3 Å². The summed E-state index contributed by atoms with van der Waals surface area (Å²) in [6.07, 6.45) is 0.976. The van der Waals surface area contributed by atoms with Gasteiger partial charge in [0.05, 0.1) is 16.4 Å². The van der Waals surface area contributed by atoms with Crippen molar-refractivity contribution in [2.45, 2.75) is 13.0 Å². The fourth-order valence-corrected chi connectivity index (χ4v) is 5.12. The largest absolute Gasteiger partial charge is 0.493 e. The molecular weight excluding hydrogens is 402 g/mol. The molecular formula is C22H21N3O4S. The molecule has 8 heteroatoms. The first-order valence-corrected chi connectivity index (χ1v) is 10.8. The third-order valence-electron chi connectivity index (χ3n) is 5.74. The van der Waals surface area contributed by atoms with Crippen LogP contribution in [0.4, 0.5) is 5.69 Å². The molecule has 0 N–H and O–H groups in total. The third-order valence-corrected chi connectivity index (χ3v) is 6.85. The number of amides is 1. The smallest absolute Gasteiger partial charge is 0.270 e. The summed E-state index contributed by atoms with van der Waals surface area (Å²) in [5.41, 5.74) is 2.61. The van der Waals surface area contributed by atoms with Crippen LogP contribution in [0.2, 0.25) is 0 Å². The Balaban J connectivity index is 1.22. The zero-order valence-corrected chi connectivity index (χ0v) is 17.2. The van der Waals surface area contributed by atoms with Crippen LogP contribution in [0.15, 0.2) is 42.5 Å². The molecule has 2 aliphatic rings. The predicted octanol–water partition coefficient (Wildman–Crippen LogP) is 3.70. The van der Waals surface area contributed by atoms with E-state index in [2.05, 4.69) is 23.1 Å². The zero-order chi connectivity index (χ0) is 20.7. The summed E-state index contributed by atoms with van der Waals surface area (Å²) < 4.78 is 6.47. The molecule has 0 bridgehead atoms. The van der Waals surface area contributed by atoms with E-state index in [0.29, 0.717) is 18.0 Å². The van der Waals surface area contributed by atoms with Gasteiger partial charge in [0.15, 0.2) is 0 Å². The lowest BCUT2D eigenvalue weighted by Crippen LogP contribution is -2.48. The van der Waals surface area contributed by atoms with Crippen molar-refractivity contribution in [2.75, 3.05) is 32.8 Å². The molecule has 0 unspecified atom stereocenters. The monoisotopic (exact) mass is 423 g/mol. The van der Waals surface area contributed by atoms with Crippen molar-refractivity contribution in [3.8, 4) is 5.75 Å². The first-order valence-electron chi connectivity index (χ1n) is 10.0. The van der Waals surface area contributed by atoms with Crippen molar-refractivity contribution < 1.29 is 14.5 Å². The van der Waals surface area contributed by atoms with E-state index in [1.54, 1.807) is 12.1 Å². The van der Waals surface area contributed by atoms with E-state index in [1.807, 2.05) is 4.90 Å². The average molecular weight is 423 g/mol. The Morgan fingerprint density at radius 1 is 1.10 bits per heavy atom. The summed E-state index contributed by atoms with van der Waals surface area (Å²) in [7, 11) is 0. The number of piperazine rings is 1. The molecule has 154 valence electrons. The van der Waals surface area contributed by atoms with E-state index in [9.17, 15) is 14.9 Å². The second-order valence-corrected chi connectivity index (χ2v) is 8.78. The van der Waals surface area contributed by atoms with Gasteiger partial charge in [0.25, 0.3) is 11.6 Å². The molecule has 7 nitrogen and oxygen atoms in total. The van der Waals surface area contributed by atoms with Gasteiger partial charge < -0.3 is 9.64 Å². The Morgan fingerprint density at radius 3 is 2.73 bits per heavy atom. The molecule has 0 atom stereocenters. The Morgan fingerprint density at radius 2 is 1.93 bits per heavy atom. The number of nitro groups is 1. The van der Waals surface area contributed by atoms with Gasteiger partial charge in [-0.15, -0.1) is 11.3 Å². The van der Waals surface area contributed by atoms with Crippen LogP contribution in [-0.2, 0) is 13.0 Å². The molecule has 1 fully saturated rings. The molecule has 1 amide bonds. The number of fused-ring (bicyclic) bond motifs is 2. The Kier molecular flexibility index (Phi) is 4.88. The molecule has 0 aliphatic carbocycles. The van der Waals surface area contributed by atoms with Gasteiger partial charge in [-0.2, -0.15) is 0 Å². The molecule has 1 saturated heterocycles. The highest BCUT2D eigenvalue weighted by atomic mass is 32.1. The fourth-order valence-electron chi connectivity index (χ4n) is 4.11. The molecule has 2 aromatic carbocycles. The quantitative estimate of drug-likeness (QED) is 0.472. The second kappa shape index (κ2) is 7.70. The lowest BCUT2D eigenvalue weighted by molar-refractivity contribution is -0.384. The van der Waals surface area contributed by atoms with Crippen molar-refractivity contribution in [3.05, 3.63) is 68.6 Å². The van der Waals surface area contributed by atoms with Crippen LogP contribution in [0, 0.1) is 10.1 Å². The van der Waals surface area contributed by atoms with Gasteiger partial charge in [-0.1, -0.05) is 12.1 Å². The molecule has 0 radical (unpaired) electrons. The number of non-ortho nitro benzene ring substituents is 1. The van der Waals surface area contributed by atoms with Crippen LogP contribution in [-0.4, -0.2) is 53.4 Å². The third kappa shape index (κ3) is 3.64. The lowest BCUT2D eigenvalue weighted by atomic mass is 10.1. The summed E-state index contributed by atoms with van der Waals surface area (Å²) in [5, 5.41) is 11.7. The molecule has 30 heavy (non-hydrogen) atoms. The highest BCUT2D eigenvalue weighted by Crippen LogP contribution is 2.30. The number of hydrogen-bond donors (Lipinski definition) is 0. The van der Waals surface area contributed by atoms with E-state index in [1.165, 1.54) is 34.6 Å². The standard InChI is InChI=1S/C22H21N3O4S/c26-22(21-13-17-12-18(25(27)28)2-4-20(17)30-21)24-8-6-23(7-9-24)14-15-1-3-19-16(11-15)5-10-29-19/h1-4,11-13H,5-10,14H2. The average Bonchev–Trinajstić information content (AvgIpc) is 3.39. The van der Waals surface area contributed by atoms with Gasteiger partial charge in [-0.3, -0.25) is 19.8 Å². The molecule has 1 aromatic heterocycles. The topological polar surface area (TPSA) is 75.9 Å². The highest BCUT2D eigenvalue weighted by molar-refractivity contribution is 7.20. The Bertz CT molecular complexity index is 1130. The van der Waals surface area contributed by atoms with Crippen molar-refractivity contribution in [1.82, 2.24) is 9.80 Å². The van der Waals surface area contributed by atoms with Gasteiger partial charge in [0, 0.05) is 61.4 Å². The van der Waals surface area contributed by atoms with Gasteiger partial charge in [-0.25, -0.2) is 0 Å². The first kappa shape index (κ1) is 19.0. The van der Waals surface area contributed by atoms with Crippen molar-refractivity contribution in [3.63, 3.8) is 0 Å². The summed E-state index contributed by atoms with van der Waals surface area (Å²) in [6, 6.07) is 12.9. The van der Waals surface area contributed by atoms with E-state index >= 15 is 0 Å². The number of nitrogens with zero attached hydrogens (tertiary/aromatic N) is 3. The normalized spacial score (nSPS) is 16.5. The van der Waals surface area contributed by atoms with Crippen molar-refractivity contribution in [1.29, 1.82) is 0 Å². The van der Waals surface area contributed by atoms with Gasteiger partial charge >= 0.3 is 0 Å². The maximum Gasteiger partial charge on any atom is 0.270 e. The maximum atomic E-state index is 13.0. The number of carbonyl (C=O) groups is 1. The van der Waals surface area contributed by atoms with Crippen molar-refractivity contribution in [2.24, 2.45) is 0 Å². The molecule has 0 spiro atoms. The van der Waals surface area contributed by atoms with Crippen LogP contribution < -0.4 is 4.74 Å². The Hall–Kier alpha value is -2.97. The number of thiophene rings is 1. The number of nitro benzene ring substituents is 1. The fraction of sp³-hybridized carbons (Fsp3) is 0.318. The molecule has 5 rings (SSSR count). The number of carbonyl (C=O) groups excluding carboxylic acids is 1. The number of ether oxygens (including phenoxy) is 1. The van der Waals surface area contributed by atoms with E-state index < -0.39 is 4.92 Å². The summed E-state index contributed by atoms with van der Waals surface area (Å²) >= 11 is 1.39. The number of hydrogen-bond acceptors (Lipinski definition) is 6. The van der Waals surface area contributed by atoms with Crippen molar-refractivity contribution >= 4 is 33.0 Å². The van der Waals surface area contributed by atoms with Crippen LogP contribution in [0.3, 0.4) is 0 Å². The minimum Gasteiger partial charge on any atom is -0.493 e. The van der Waals surface area contributed by atoms with Crippen LogP contribution in [0.5, 0.6) is 5.75 Å². The first-order chi connectivity index (χ1) is 14.6. The summed E-state index contributed by atoms with van der Waals surface area (Å²) in [4.78, 5) is 28.4. The van der Waals surface area contributed by atoms with E-state index in [4.69, 9.17) is 4.74 Å². The summed E-state index contributed by atoms with van der Waals surface area (Å²) in [5.74, 6) is 1.01. The molecule has 3 heterocycles. The zero-order valence-electron chi connectivity index (χ0n) is 16.4. The number of rotatable bonds is 4. The van der Waals surface area contributed by atoms with Crippen LogP contribution in [0.25, 0.3) is 10.1 Å². The minimum absolute atomic E-state index is 0.00758. The second-order valence-electron chi connectivity index (χ2n) is 7.70. The highest BCUT2D eigenvalue weighted by Gasteiger charge is 2.24. The maximum absolute atomic E-state index is 13.0.